The van der Waals surface area contributed by atoms with E-state index in [4.69, 9.17) is 6.42 Å². The van der Waals surface area contributed by atoms with Crippen molar-refractivity contribution in [1.29, 1.82) is 0 Å². The summed E-state index contributed by atoms with van der Waals surface area (Å²) in [6.07, 6.45) is 7.47. The van der Waals surface area contributed by atoms with Crippen molar-refractivity contribution in [3.63, 3.8) is 0 Å². The van der Waals surface area contributed by atoms with Crippen LogP contribution in [0.3, 0.4) is 0 Å². The van der Waals surface area contributed by atoms with Crippen LogP contribution in [0, 0.1) is 23.7 Å². The van der Waals surface area contributed by atoms with E-state index < -0.39 is 0 Å². The van der Waals surface area contributed by atoms with E-state index in [0.717, 1.165) is 19.0 Å². The molecule has 96 valence electrons. The van der Waals surface area contributed by atoms with Gasteiger partial charge < -0.3 is 5.32 Å². The Kier molecular flexibility index (Phi) is 5.02. The molecule has 1 N–H and O–H groups in total. The summed E-state index contributed by atoms with van der Waals surface area (Å²) in [4.78, 5) is 13.7. The number of likely N-dealkylation sites (tertiary alicyclic amines) is 1. The predicted molar refractivity (Wildman–Crippen MR) is 70.5 cm³/mol. The van der Waals surface area contributed by atoms with E-state index >= 15 is 0 Å². The maximum absolute atomic E-state index is 11.5. The Bertz CT molecular complexity index is 290. The first-order valence-electron chi connectivity index (χ1n) is 6.36. The lowest BCUT2D eigenvalue weighted by atomic mass is 9.75. The molecule has 3 heteroatoms. The highest BCUT2D eigenvalue weighted by Gasteiger charge is 2.29. The maximum atomic E-state index is 11.5. The van der Waals surface area contributed by atoms with Crippen LogP contribution in [0.4, 0.5) is 0 Å². The monoisotopic (exact) mass is 236 g/mol. The van der Waals surface area contributed by atoms with Gasteiger partial charge in [-0.25, -0.2) is 0 Å². The lowest BCUT2D eigenvalue weighted by Crippen LogP contribution is -2.43. The minimum absolute atomic E-state index is 0.0390. The molecule has 1 amide bonds. The molecule has 1 saturated heterocycles. The molecule has 0 aromatic carbocycles. The van der Waals surface area contributed by atoms with Crippen molar-refractivity contribution >= 4 is 5.91 Å². The SMILES string of the molecule is C#CCNC(=O)CN1CCC(C(C)(C)C)CC1. The molecule has 0 aliphatic carbocycles. The number of nitrogens with one attached hydrogen (secondary N) is 1. The fourth-order valence-corrected chi connectivity index (χ4v) is 2.37. The third-order valence-corrected chi connectivity index (χ3v) is 3.57. The van der Waals surface area contributed by atoms with Crippen LogP contribution in [0.1, 0.15) is 33.6 Å². The van der Waals surface area contributed by atoms with Gasteiger partial charge in [-0.1, -0.05) is 26.7 Å². The first-order chi connectivity index (χ1) is 7.93. The molecule has 1 heterocycles. The van der Waals surface area contributed by atoms with Gasteiger partial charge in [0.25, 0.3) is 0 Å². The lowest BCUT2D eigenvalue weighted by Gasteiger charge is -2.38. The third kappa shape index (κ3) is 4.79. The smallest absolute Gasteiger partial charge is 0.234 e. The summed E-state index contributed by atoms with van der Waals surface area (Å²) < 4.78 is 0. The zero-order chi connectivity index (χ0) is 12.9. The number of nitrogens with zero attached hydrogens (tertiary/aromatic N) is 1. The van der Waals surface area contributed by atoms with Gasteiger partial charge in [-0.05, 0) is 37.3 Å². The molecule has 0 atom stereocenters. The van der Waals surface area contributed by atoms with E-state index in [-0.39, 0.29) is 5.91 Å². The molecule has 1 aliphatic rings. The van der Waals surface area contributed by atoms with Crippen molar-refractivity contribution in [3.8, 4) is 12.3 Å². The van der Waals surface area contributed by atoms with E-state index in [1.165, 1.54) is 12.8 Å². The van der Waals surface area contributed by atoms with E-state index in [9.17, 15) is 4.79 Å². The molecule has 0 radical (unpaired) electrons. The van der Waals surface area contributed by atoms with Crippen LogP contribution in [0.25, 0.3) is 0 Å². The summed E-state index contributed by atoms with van der Waals surface area (Å²) in [5, 5.41) is 2.70. The molecular formula is C14H24N2O. The normalized spacial score (nSPS) is 18.7. The first-order valence-corrected chi connectivity index (χ1v) is 6.36. The van der Waals surface area contributed by atoms with E-state index in [1.807, 2.05) is 0 Å². The zero-order valence-electron chi connectivity index (χ0n) is 11.3. The minimum Gasteiger partial charge on any atom is -0.344 e. The van der Waals surface area contributed by atoms with Gasteiger partial charge in [0, 0.05) is 0 Å². The van der Waals surface area contributed by atoms with E-state index in [1.54, 1.807) is 0 Å². The van der Waals surface area contributed by atoms with Crippen molar-refractivity contribution < 1.29 is 4.79 Å². The molecule has 0 aromatic heterocycles. The Hall–Kier alpha value is -1.01. The third-order valence-electron chi connectivity index (χ3n) is 3.57. The fraction of sp³-hybridized carbons (Fsp3) is 0.786. The molecular weight excluding hydrogens is 212 g/mol. The molecule has 1 rings (SSSR count). The second-order valence-electron chi connectivity index (χ2n) is 5.90. The number of rotatable bonds is 3. The Balaban J connectivity index is 2.28. The summed E-state index contributed by atoms with van der Waals surface area (Å²) in [5.41, 5.74) is 0.387. The van der Waals surface area contributed by atoms with Gasteiger partial charge in [0.05, 0.1) is 13.1 Å². The average Bonchev–Trinajstić information content (AvgIpc) is 2.26. The number of piperidine rings is 1. The van der Waals surface area contributed by atoms with Crippen molar-refractivity contribution in [2.75, 3.05) is 26.2 Å². The molecule has 0 unspecified atom stereocenters. The number of carbonyl (C=O) groups excluding carboxylic acids is 1. The van der Waals surface area contributed by atoms with Gasteiger partial charge in [-0.3, -0.25) is 9.69 Å². The van der Waals surface area contributed by atoms with Crippen LogP contribution in [-0.4, -0.2) is 37.0 Å². The first kappa shape index (κ1) is 14.1. The van der Waals surface area contributed by atoms with Crippen molar-refractivity contribution in [3.05, 3.63) is 0 Å². The largest absolute Gasteiger partial charge is 0.344 e. The van der Waals surface area contributed by atoms with Crippen LogP contribution in [0.2, 0.25) is 0 Å². The highest BCUT2D eigenvalue weighted by Crippen LogP contribution is 2.33. The van der Waals surface area contributed by atoms with Crippen molar-refractivity contribution in [1.82, 2.24) is 10.2 Å². The van der Waals surface area contributed by atoms with Gasteiger partial charge in [0.2, 0.25) is 5.91 Å². The molecule has 0 aromatic rings. The summed E-state index contributed by atoms with van der Waals surface area (Å²) in [6, 6.07) is 0. The van der Waals surface area contributed by atoms with Crippen LogP contribution in [-0.2, 0) is 4.79 Å². The second kappa shape index (κ2) is 6.07. The standard InChI is InChI=1S/C14H24N2O/c1-5-8-15-13(17)11-16-9-6-12(7-10-16)14(2,3)4/h1,12H,6-11H2,2-4H3,(H,15,17). The predicted octanol–water partition coefficient (Wildman–Crippen LogP) is 1.49. The molecule has 0 saturated carbocycles. The van der Waals surface area contributed by atoms with Crippen LogP contribution in [0.15, 0.2) is 0 Å². The van der Waals surface area contributed by atoms with Gasteiger partial charge in [-0.2, -0.15) is 0 Å². The van der Waals surface area contributed by atoms with Gasteiger partial charge in [-0.15, -0.1) is 6.42 Å². The molecule has 1 fully saturated rings. The van der Waals surface area contributed by atoms with E-state index in [2.05, 4.69) is 36.9 Å². The summed E-state index contributed by atoms with van der Waals surface area (Å²) in [5.74, 6) is 3.22. The quantitative estimate of drug-likeness (QED) is 0.753. The number of terminal acetylenes is 1. The van der Waals surface area contributed by atoms with Gasteiger partial charge in [0.1, 0.15) is 0 Å². The maximum Gasteiger partial charge on any atom is 0.234 e. The average molecular weight is 236 g/mol. The molecule has 0 spiro atoms. The number of hydrogen-bond acceptors (Lipinski definition) is 2. The number of hydrogen-bond donors (Lipinski definition) is 1. The Labute approximate surface area is 105 Å². The molecule has 17 heavy (non-hydrogen) atoms. The van der Waals surface area contributed by atoms with E-state index in [0.29, 0.717) is 18.5 Å². The van der Waals surface area contributed by atoms with Crippen LogP contribution < -0.4 is 5.32 Å². The van der Waals surface area contributed by atoms with Crippen LogP contribution in [0.5, 0.6) is 0 Å². The lowest BCUT2D eigenvalue weighted by molar-refractivity contribution is -0.122. The highest BCUT2D eigenvalue weighted by molar-refractivity contribution is 5.78. The second-order valence-corrected chi connectivity index (χ2v) is 5.90. The summed E-state index contributed by atoms with van der Waals surface area (Å²) in [6.45, 7) is 9.75. The van der Waals surface area contributed by atoms with Crippen molar-refractivity contribution in [2.45, 2.75) is 33.6 Å². The molecule has 0 bridgehead atoms. The Morgan fingerprint density at radius 1 is 1.41 bits per heavy atom. The summed E-state index contributed by atoms with van der Waals surface area (Å²) >= 11 is 0. The Morgan fingerprint density at radius 3 is 2.47 bits per heavy atom. The Morgan fingerprint density at radius 2 is 2.00 bits per heavy atom. The topological polar surface area (TPSA) is 32.3 Å². The highest BCUT2D eigenvalue weighted by atomic mass is 16.2. The summed E-state index contributed by atoms with van der Waals surface area (Å²) in [7, 11) is 0. The number of carbonyl (C=O) groups is 1. The molecule has 1 aliphatic heterocycles. The van der Waals surface area contributed by atoms with Crippen molar-refractivity contribution in [2.24, 2.45) is 11.3 Å². The number of amides is 1. The van der Waals surface area contributed by atoms with Gasteiger partial charge >= 0.3 is 0 Å². The fourth-order valence-electron chi connectivity index (χ4n) is 2.37. The van der Waals surface area contributed by atoms with Gasteiger partial charge in [0.15, 0.2) is 0 Å². The van der Waals surface area contributed by atoms with Crippen LogP contribution >= 0.6 is 0 Å². The minimum atomic E-state index is 0.0390. The molecule has 3 nitrogen and oxygen atoms in total. The zero-order valence-corrected chi connectivity index (χ0v) is 11.3.